The van der Waals surface area contributed by atoms with Crippen molar-refractivity contribution in [3.05, 3.63) is 65.3 Å². The van der Waals surface area contributed by atoms with Crippen molar-refractivity contribution in [2.24, 2.45) is 0 Å². The number of rotatable bonds is 6. The number of benzene rings is 2. The Balaban J connectivity index is 1.64. The first-order valence-electron chi connectivity index (χ1n) is 8.16. The summed E-state index contributed by atoms with van der Waals surface area (Å²) in [6.45, 7) is 0.577. The molecule has 0 unspecified atom stereocenters. The Hall–Kier alpha value is -2.77. The summed E-state index contributed by atoms with van der Waals surface area (Å²) < 4.78 is 12.3. The largest absolute Gasteiger partial charge is 0.497 e. The molecule has 0 aliphatic rings. The Labute approximate surface area is 168 Å². The Morgan fingerprint density at radius 2 is 1.93 bits per heavy atom. The van der Waals surface area contributed by atoms with Crippen molar-refractivity contribution in [3.63, 3.8) is 0 Å². The van der Waals surface area contributed by atoms with Gasteiger partial charge in [0, 0.05) is 23.4 Å². The van der Waals surface area contributed by atoms with E-state index < -0.39 is 0 Å². The number of hydrogen-bond donors (Lipinski definition) is 2. The summed E-state index contributed by atoms with van der Waals surface area (Å²) >= 11 is 11.6. The minimum Gasteiger partial charge on any atom is -0.497 e. The molecule has 8 heteroatoms. The highest BCUT2D eigenvalue weighted by atomic mass is 35.5. The number of anilines is 2. The van der Waals surface area contributed by atoms with Crippen molar-refractivity contribution in [3.8, 4) is 11.5 Å². The molecule has 6 nitrogen and oxygen atoms in total. The van der Waals surface area contributed by atoms with Gasteiger partial charge in [0.05, 0.1) is 26.5 Å². The van der Waals surface area contributed by atoms with E-state index in [1.165, 1.54) is 0 Å². The van der Waals surface area contributed by atoms with Crippen LogP contribution >= 0.6 is 23.8 Å². The second kappa shape index (κ2) is 8.75. The number of nitrogens with zero attached hydrogens (tertiary/aromatic N) is 2. The van der Waals surface area contributed by atoms with E-state index in [0.717, 1.165) is 11.3 Å². The minimum atomic E-state index is 0.404. The van der Waals surface area contributed by atoms with E-state index in [1.807, 2.05) is 48.7 Å². The summed E-state index contributed by atoms with van der Waals surface area (Å²) in [7, 11) is 3.19. The van der Waals surface area contributed by atoms with Gasteiger partial charge in [-0.1, -0.05) is 29.8 Å². The van der Waals surface area contributed by atoms with Crippen LogP contribution in [0.25, 0.3) is 0 Å². The van der Waals surface area contributed by atoms with Crippen molar-refractivity contribution in [1.29, 1.82) is 0 Å². The van der Waals surface area contributed by atoms with Crippen molar-refractivity contribution < 1.29 is 9.47 Å². The van der Waals surface area contributed by atoms with Crippen LogP contribution in [0, 0.1) is 0 Å². The standard InChI is InChI=1S/C19H19ClN4O2S/c1-25-14-7-8-16(17(11-14)26-2)21-19(27)22-18-9-10-24(23-18)12-13-5-3-4-6-15(13)20/h3-11H,12H2,1-2H3,(H2,21,22,23,27). The zero-order valence-corrected chi connectivity index (χ0v) is 16.5. The van der Waals surface area contributed by atoms with Gasteiger partial charge >= 0.3 is 0 Å². The van der Waals surface area contributed by atoms with Crippen LogP contribution < -0.4 is 20.1 Å². The first-order chi connectivity index (χ1) is 13.1. The van der Waals surface area contributed by atoms with Crippen molar-refractivity contribution >= 4 is 40.4 Å². The summed E-state index contributed by atoms with van der Waals surface area (Å²) in [5.74, 6) is 1.96. The fraction of sp³-hybridized carbons (Fsp3) is 0.158. The minimum absolute atomic E-state index is 0.404. The van der Waals surface area contributed by atoms with Crippen molar-refractivity contribution in [1.82, 2.24) is 9.78 Å². The van der Waals surface area contributed by atoms with E-state index in [4.69, 9.17) is 33.3 Å². The molecule has 0 spiro atoms. The molecule has 0 bridgehead atoms. The van der Waals surface area contributed by atoms with Gasteiger partial charge in [-0.25, -0.2) is 0 Å². The van der Waals surface area contributed by atoms with Crippen LogP contribution in [0.3, 0.4) is 0 Å². The molecule has 27 heavy (non-hydrogen) atoms. The number of aromatic nitrogens is 2. The summed E-state index contributed by atoms with van der Waals surface area (Å²) in [5.41, 5.74) is 1.73. The summed E-state index contributed by atoms with van der Waals surface area (Å²) in [6.07, 6.45) is 1.86. The third-order valence-electron chi connectivity index (χ3n) is 3.83. The number of halogens is 1. The van der Waals surface area contributed by atoms with Crippen LogP contribution in [-0.2, 0) is 6.54 Å². The summed E-state index contributed by atoms with van der Waals surface area (Å²) in [6, 6.07) is 15.0. The Morgan fingerprint density at radius 3 is 2.67 bits per heavy atom. The first kappa shape index (κ1) is 19.0. The number of methoxy groups -OCH3 is 2. The Kier molecular flexibility index (Phi) is 6.16. The average Bonchev–Trinajstić information content (AvgIpc) is 3.10. The van der Waals surface area contributed by atoms with Crippen molar-refractivity contribution in [2.45, 2.75) is 6.54 Å². The van der Waals surface area contributed by atoms with E-state index in [0.29, 0.717) is 34.0 Å². The highest BCUT2D eigenvalue weighted by Crippen LogP contribution is 2.29. The lowest BCUT2D eigenvalue weighted by molar-refractivity contribution is 0.395. The van der Waals surface area contributed by atoms with Gasteiger partial charge in [0.15, 0.2) is 10.9 Å². The highest BCUT2D eigenvalue weighted by Gasteiger charge is 2.08. The lowest BCUT2D eigenvalue weighted by Crippen LogP contribution is -2.20. The SMILES string of the molecule is COc1ccc(NC(=S)Nc2ccn(Cc3ccccc3Cl)n2)c(OC)c1. The third-order valence-corrected chi connectivity index (χ3v) is 4.40. The molecule has 140 valence electrons. The van der Waals surface area contributed by atoms with Crippen LogP contribution in [0.2, 0.25) is 5.02 Å². The molecule has 3 aromatic rings. The van der Waals surface area contributed by atoms with E-state index >= 15 is 0 Å². The fourth-order valence-electron chi connectivity index (χ4n) is 2.49. The molecule has 1 heterocycles. The second-order valence-corrected chi connectivity index (χ2v) is 6.45. The predicted octanol–water partition coefficient (Wildman–Crippen LogP) is 4.41. The van der Waals surface area contributed by atoms with Crippen LogP contribution in [0.1, 0.15) is 5.56 Å². The van der Waals surface area contributed by atoms with Gasteiger partial charge in [-0.3, -0.25) is 4.68 Å². The molecule has 0 radical (unpaired) electrons. The summed E-state index contributed by atoms with van der Waals surface area (Å²) in [5, 5.41) is 11.7. The lowest BCUT2D eigenvalue weighted by atomic mass is 10.2. The van der Waals surface area contributed by atoms with E-state index in [2.05, 4.69) is 15.7 Å². The van der Waals surface area contributed by atoms with Crippen LogP contribution in [0.15, 0.2) is 54.7 Å². The number of hydrogen-bond acceptors (Lipinski definition) is 4. The number of thiocarbonyl (C=S) groups is 1. The van der Waals surface area contributed by atoms with Gasteiger partial charge in [-0.2, -0.15) is 5.10 Å². The number of nitrogens with one attached hydrogen (secondary N) is 2. The quantitative estimate of drug-likeness (QED) is 0.595. The molecule has 0 aliphatic carbocycles. The van der Waals surface area contributed by atoms with Crippen LogP contribution in [-0.4, -0.2) is 29.1 Å². The molecule has 1 aromatic heterocycles. The second-order valence-electron chi connectivity index (χ2n) is 5.64. The van der Waals surface area contributed by atoms with Gasteiger partial charge in [0.2, 0.25) is 0 Å². The van der Waals surface area contributed by atoms with Crippen LogP contribution in [0.4, 0.5) is 11.5 Å². The molecule has 0 amide bonds. The predicted molar refractivity (Wildman–Crippen MR) is 112 cm³/mol. The molecule has 2 aromatic carbocycles. The van der Waals surface area contributed by atoms with Gasteiger partial charge in [0.1, 0.15) is 11.5 Å². The van der Waals surface area contributed by atoms with Crippen molar-refractivity contribution in [2.75, 3.05) is 24.9 Å². The average molecular weight is 403 g/mol. The van der Waals surface area contributed by atoms with E-state index in [9.17, 15) is 0 Å². The maximum absolute atomic E-state index is 6.20. The molecule has 0 saturated carbocycles. The summed E-state index contributed by atoms with van der Waals surface area (Å²) in [4.78, 5) is 0. The Morgan fingerprint density at radius 1 is 1.11 bits per heavy atom. The molecular weight excluding hydrogens is 384 g/mol. The lowest BCUT2D eigenvalue weighted by Gasteiger charge is -2.13. The maximum Gasteiger partial charge on any atom is 0.176 e. The monoisotopic (exact) mass is 402 g/mol. The van der Waals surface area contributed by atoms with Gasteiger partial charge < -0.3 is 20.1 Å². The first-order valence-corrected chi connectivity index (χ1v) is 8.94. The van der Waals surface area contributed by atoms with Crippen LogP contribution in [0.5, 0.6) is 11.5 Å². The van der Waals surface area contributed by atoms with Gasteiger partial charge in [-0.05, 0) is 36.0 Å². The molecule has 0 fully saturated rings. The van der Waals surface area contributed by atoms with E-state index in [-0.39, 0.29) is 0 Å². The highest BCUT2D eigenvalue weighted by molar-refractivity contribution is 7.80. The van der Waals surface area contributed by atoms with Gasteiger partial charge in [-0.15, -0.1) is 0 Å². The normalized spacial score (nSPS) is 10.3. The Bertz CT molecular complexity index is 945. The number of ether oxygens (including phenoxy) is 2. The zero-order valence-electron chi connectivity index (χ0n) is 14.9. The van der Waals surface area contributed by atoms with Gasteiger partial charge in [0.25, 0.3) is 0 Å². The zero-order chi connectivity index (χ0) is 19.2. The maximum atomic E-state index is 6.20. The topological polar surface area (TPSA) is 60.3 Å². The fourth-order valence-corrected chi connectivity index (χ4v) is 2.90. The molecule has 0 aliphatic heterocycles. The molecular formula is C19H19ClN4O2S. The smallest absolute Gasteiger partial charge is 0.176 e. The molecule has 3 rings (SSSR count). The molecule has 0 saturated heterocycles. The molecule has 2 N–H and O–H groups in total. The third kappa shape index (κ3) is 4.90. The van der Waals surface area contributed by atoms with E-state index in [1.54, 1.807) is 25.0 Å². The molecule has 0 atom stereocenters.